The highest BCUT2D eigenvalue weighted by Gasteiger charge is 2.09. The second-order valence-electron chi connectivity index (χ2n) is 6.86. The van der Waals surface area contributed by atoms with Crippen molar-refractivity contribution in [1.29, 1.82) is 0 Å². The highest BCUT2D eigenvalue weighted by Crippen LogP contribution is 2.24. The number of hydrogen-bond acceptors (Lipinski definition) is 3. The summed E-state index contributed by atoms with van der Waals surface area (Å²) in [7, 11) is 4.06. The lowest BCUT2D eigenvalue weighted by atomic mass is 10.1. The van der Waals surface area contributed by atoms with E-state index < -0.39 is 0 Å². The Kier molecular flexibility index (Phi) is 7.67. The van der Waals surface area contributed by atoms with Crippen molar-refractivity contribution >= 4 is 10.9 Å². The van der Waals surface area contributed by atoms with Gasteiger partial charge in [-0.15, -0.1) is 6.58 Å². The first-order valence-electron chi connectivity index (χ1n) is 9.17. The molecule has 1 aromatic carbocycles. The molecule has 0 saturated heterocycles. The molecule has 0 saturated carbocycles. The third-order valence-corrected chi connectivity index (χ3v) is 4.20. The lowest BCUT2D eigenvalue weighted by Gasteiger charge is -2.10. The van der Waals surface area contributed by atoms with Crippen LogP contribution in [0.15, 0.2) is 54.7 Å². The Balaban J connectivity index is 1.96. The van der Waals surface area contributed by atoms with Gasteiger partial charge in [0.1, 0.15) is 12.4 Å². The number of benzene rings is 1. The molecule has 0 N–H and O–H groups in total. The molecule has 0 bridgehead atoms. The molecule has 26 heavy (non-hydrogen) atoms. The number of fused-ring (bicyclic) bond motifs is 1. The Morgan fingerprint density at radius 2 is 2.08 bits per heavy atom. The summed E-state index contributed by atoms with van der Waals surface area (Å²) in [6.07, 6.45) is 10.3. The third kappa shape index (κ3) is 5.88. The van der Waals surface area contributed by atoms with E-state index in [0.29, 0.717) is 6.61 Å². The second-order valence-corrected chi connectivity index (χ2v) is 6.86. The molecule has 2 rings (SSSR count). The van der Waals surface area contributed by atoms with Gasteiger partial charge in [-0.25, -0.2) is 0 Å². The maximum atomic E-state index is 5.86. The Bertz CT molecular complexity index is 782. The van der Waals surface area contributed by atoms with Gasteiger partial charge in [-0.3, -0.25) is 9.58 Å². The maximum Gasteiger partial charge on any atom is 0.121 e. The van der Waals surface area contributed by atoms with Crippen LogP contribution in [0.3, 0.4) is 0 Å². The van der Waals surface area contributed by atoms with Crippen molar-refractivity contribution in [1.82, 2.24) is 14.7 Å². The van der Waals surface area contributed by atoms with E-state index in [-0.39, 0.29) is 0 Å². The zero-order valence-electron chi connectivity index (χ0n) is 16.5. The molecule has 0 aliphatic rings. The van der Waals surface area contributed by atoms with Gasteiger partial charge >= 0.3 is 0 Å². The summed E-state index contributed by atoms with van der Waals surface area (Å²) in [5.74, 6) is 0.875. The minimum absolute atomic E-state index is 0.568. The van der Waals surface area contributed by atoms with Crippen molar-refractivity contribution in [3.63, 3.8) is 0 Å². The van der Waals surface area contributed by atoms with Crippen molar-refractivity contribution in [2.24, 2.45) is 7.05 Å². The smallest absolute Gasteiger partial charge is 0.121 e. The first-order chi connectivity index (χ1) is 12.5. The predicted octanol–water partition coefficient (Wildman–Crippen LogP) is 4.52. The quantitative estimate of drug-likeness (QED) is 0.588. The third-order valence-electron chi connectivity index (χ3n) is 4.20. The standard InChI is InChI=1S/C22H31N3O/c1-6-14-24(4)15-7-8-16-26-19-12-13-20-21(11-9-10-18(2)3)23-25(5)22(20)17-19/h6-8,10,12-13,17H,1,9,11,14-16H2,2-5H3. The van der Waals surface area contributed by atoms with E-state index >= 15 is 0 Å². The topological polar surface area (TPSA) is 30.3 Å². The van der Waals surface area contributed by atoms with Crippen LogP contribution in [0.1, 0.15) is 26.0 Å². The molecule has 0 fully saturated rings. The SMILES string of the molecule is C=CCN(C)CC=CCOc1ccc2c(CCC=C(C)C)nn(C)c2c1. The van der Waals surface area contributed by atoms with Gasteiger partial charge in [-0.05, 0) is 45.9 Å². The molecule has 1 heterocycles. The molecule has 4 heteroatoms. The number of hydrogen-bond donors (Lipinski definition) is 0. The van der Waals surface area contributed by atoms with Crippen LogP contribution in [0.5, 0.6) is 5.75 Å². The Labute approximate surface area is 157 Å². The molecule has 0 radical (unpaired) electrons. The molecule has 0 unspecified atom stereocenters. The van der Waals surface area contributed by atoms with E-state index in [1.807, 2.05) is 23.9 Å². The van der Waals surface area contributed by atoms with Gasteiger partial charge in [0.05, 0.1) is 11.2 Å². The Morgan fingerprint density at radius 1 is 1.27 bits per heavy atom. The van der Waals surface area contributed by atoms with Gasteiger partial charge < -0.3 is 4.74 Å². The molecule has 0 amide bonds. The molecular weight excluding hydrogens is 322 g/mol. The lowest BCUT2D eigenvalue weighted by Crippen LogP contribution is -2.17. The van der Waals surface area contributed by atoms with Crippen LogP contribution in [-0.2, 0) is 13.5 Å². The summed E-state index contributed by atoms with van der Waals surface area (Å²) < 4.78 is 7.80. The van der Waals surface area contributed by atoms with Crippen LogP contribution in [0, 0.1) is 0 Å². The van der Waals surface area contributed by atoms with Gasteiger partial charge in [0.2, 0.25) is 0 Å². The van der Waals surface area contributed by atoms with Gasteiger partial charge in [0.15, 0.2) is 0 Å². The van der Waals surface area contributed by atoms with E-state index in [2.05, 4.69) is 67.8 Å². The van der Waals surface area contributed by atoms with Crippen LogP contribution in [0.2, 0.25) is 0 Å². The number of rotatable bonds is 10. The Morgan fingerprint density at radius 3 is 2.81 bits per heavy atom. The molecule has 0 atom stereocenters. The van der Waals surface area contributed by atoms with Gasteiger partial charge in [-0.1, -0.05) is 29.9 Å². The number of allylic oxidation sites excluding steroid dienone is 2. The van der Waals surface area contributed by atoms with Gasteiger partial charge in [0, 0.05) is 31.6 Å². The van der Waals surface area contributed by atoms with E-state index in [9.17, 15) is 0 Å². The summed E-state index contributed by atoms with van der Waals surface area (Å²) in [5.41, 5.74) is 3.62. The summed E-state index contributed by atoms with van der Waals surface area (Å²) in [6.45, 7) is 10.4. The normalized spacial score (nSPS) is 11.4. The van der Waals surface area contributed by atoms with Gasteiger partial charge in [-0.2, -0.15) is 5.10 Å². The average molecular weight is 354 g/mol. The zero-order valence-corrected chi connectivity index (χ0v) is 16.5. The molecule has 0 spiro atoms. The minimum Gasteiger partial charge on any atom is -0.489 e. The molecule has 0 aliphatic carbocycles. The molecule has 1 aromatic heterocycles. The van der Waals surface area contributed by atoms with E-state index in [1.165, 1.54) is 11.0 Å². The summed E-state index contributed by atoms with van der Waals surface area (Å²) in [6, 6.07) is 6.23. The molecule has 0 aliphatic heterocycles. The Hall–Kier alpha value is -2.33. The van der Waals surface area contributed by atoms with Crippen LogP contribution in [-0.4, -0.2) is 41.4 Å². The summed E-state index contributed by atoms with van der Waals surface area (Å²) >= 11 is 0. The van der Waals surface area contributed by atoms with Crippen molar-refractivity contribution in [3.05, 3.63) is 60.3 Å². The van der Waals surface area contributed by atoms with Crippen molar-refractivity contribution in [2.75, 3.05) is 26.7 Å². The highest BCUT2D eigenvalue weighted by molar-refractivity contribution is 5.83. The minimum atomic E-state index is 0.568. The first kappa shape index (κ1) is 20.0. The number of aromatic nitrogens is 2. The largest absolute Gasteiger partial charge is 0.489 e. The summed E-state index contributed by atoms with van der Waals surface area (Å²) in [5, 5.41) is 5.89. The van der Waals surface area contributed by atoms with Gasteiger partial charge in [0.25, 0.3) is 0 Å². The zero-order chi connectivity index (χ0) is 18.9. The molecule has 140 valence electrons. The number of aryl methyl sites for hydroxylation is 2. The first-order valence-corrected chi connectivity index (χ1v) is 9.17. The van der Waals surface area contributed by atoms with E-state index in [4.69, 9.17) is 4.74 Å². The fourth-order valence-corrected chi connectivity index (χ4v) is 2.85. The number of nitrogens with zero attached hydrogens (tertiary/aromatic N) is 3. The van der Waals surface area contributed by atoms with Crippen LogP contribution in [0.25, 0.3) is 10.9 Å². The average Bonchev–Trinajstić information content (AvgIpc) is 2.90. The van der Waals surface area contributed by atoms with Crippen molar-refractivity contribution < 1.29 is 4.74 Å². The number of ether oxygens (including phenoxy) is 1. The number of likely N-dealkylation sites (N-methyl/N-ethyl adjacent to an activating group) is 1. The van der Waals surface area contributed by atoms with Crippen molar-refractivity contribution in [3.8, 4) is 5.75 Å². The van der Waals surface area contributed by atoms with Crippen LogP contribution >= 0.6 is 0 Å². The monoisotopic (exact) mass is 353 g/mol. The molecular formula is C22H31N3O. The van der Waals surface area contributed by atoms with E-state index in [1.54, 1.807) is 0 Å². The molecule has 2 aromatic rings. The van der Waals surface area contributed by atoms with Crippen LogP contribution in [0.4, 0.5) is 0 Å². The fourth-order valence-electron chi connectivity index (χ4n) is 2.85. The maximum absolute atomic E-state index is 5.86. The molecule has 4 nitrogen and oxygen atoms in total. The lowest BCUT2D eigenvalue weighted by molar-refractivity contribution is 0.360. The van der Waals surface area contributed by atoms with Crippen LogP contribution < -0.4 is 4.74 Å². The fraction of sp³-hybridized carbons (Fsp3) is 0.409. The highest BCUT2D eigenvalue weighted by atomic mass is 16.5. The summed E-state index contributed by atoms with van der Waals surface area (Å²) in [4.78, 5) is 2.18. The predicted molar refractivity (Wildman–Crippen MR) is 111 cm³/mol. The van der Waals surface area contributed by atoms with Crippen molar-refractivity contribution in [2.45, 2.75) is 26.7 Å². The second kappa shape index (κ2) is 9.97. The van der Waals surface area contributed by atoms with E-state index in [0.717, 1.165) is 42.9 Å².